The molecule has 2 rings (SSSR count). The molecule has 0 spiro atoms. The lowest BCUT2D eigenvalue weighted by atomic mass is 9.79. The molecule has 10 nitrogen and oxygen atoms in total. The van der Waals surface area contributed by atoms with Gasteiger partial charge in [-0.15, -0.1) is 10.3 Å². The van der Waals surface area contributed by atoms with Crippen molar-refractivity contribution in [3.05, 3.63) is 42.9 Å². The molecule has 1 fully saturated rings. The minimum Gasteiger partial charge on any atom is -0.349 e. The molecule has 147 valence electrons. The van der Waals surface area contributed by atoms with Crippen molar-refractivity contribution in [1.82, 2.24) is 10.4 Å². The Morgan fingerprint density at radius 3 is 2.11 bits per heavy atom. The van der Waals surface area contributed by atoms with Gasteiger partial charge in [-0.2, -0.15) is 0 Å². The van der Waals surface area contributed by atoms with Crippen LogP contribution in [-0.4, -0.2) is 37.9 Å². The zero-order valence-electron chi connectivity index (χ0n) is 15.3. The standard InChI is InChI=1S/C16H20ClN4O6/c1-15(2)7-9(8-16(3,4)21(15)27)18-14(22)11-5-10(19(23)24)6-12(13(11)17)20(25)26/h5-6,9H,7-8H2,1-4H3,(H,18,22). The molecule has 1 N–H and O–H groups in total. The summed E-state index contributed by atoms with van der Waals surface area (Å²) in [5.74, 6) is -0.761. The van der Waals surface area contributed by atoms with Crippen molar-refractivity contribution in [2.45, 2.75) is 57.7 Å². The first-order valence-electron chi connectivity index (χ1n) is 8.17. The second-order valence-corrected chi connectivity index (χ2v) is 8.22. The molecule has 1 aromatic carbocycles. The van der Waals surface area contributed by atoms with E-state index in [-0.39, 0.29) is 5.56 Å². The van der Waals surface area contributed by atoms with E-state index in [4.69, 9.17) is 11.6 Å². The number of non-ortho nitro benzene ring substituents is 1. The second-order valence-electron chi connectivity index (χ2n) is 7.84. The van der Waals surface area contributed by atoms with E-state index in [0.717, 1.165) is 11.1 Å². The van der Waals surface area contributed by atoms with E-state index in [2.05, 4.69) is 5.32 Å². The van der Waals surface area contributed by atoms with E-state index in [1.807, 2.05) is 0 Å². The number of amides is 1. The van der Waals surface area contributed by atoms with E-state index in [9.17, 15) is 30.2 Å². The van der Waals surface area contributed by atoms with Gasteiger partial charge in [0.15, 0.2) is 0 Å². The molecule has 1 amide bonds. The van der Waals surface area contributed by atoms with Crippen molar-refractivity contribution in [2.75, 3.05) is 0 Å². The monoisotopic (exact) mass is 399 g/mol. The number of carbonyl (C=O) groups is 1. The van der Waals surface area contributed by atoms with Gasteiger partial charge in [0.25, 0.3) is 17.3 Å². The Morgan fingerprint density at radius 2 is 1.67 bits per heavy atom. The van der Waals surface area contributed by atoms with Gasteiger partial charge < -0.3 is 5.32 Å². The van der Waals surface area contributed by atoms with E-state index < -0.39 is 49.3 Å². The highest BCUT2D eigenvalue weighted by atomic mass is 35.5. The zero-order chi connectivity index (χ0) is 20.7. The highest BCUT2D eigenvalue weighted by Crippen LogP contribution is 2.38. The summed E-state index contributed by atoms with van der Waals surface area (Å²) in [5.41, 5.74) is -3.15. The van der Waals surface area contributed by atoms with Crippen molar-refractivity contribution in [3.8, 4) is 0 Å². The normalized spacial score (nSPS) is 19.5. The summed E-state index contributed by atoms with van der Waals surface area (Å²) in [6, 6.07) is 1.22. The Labute approximate surface area is 160 Å². The van der Waals surface area contributed by atoms with Gasteiger partial charge in [0.05, 0.1) is 21.5 Å². The topological polar surface area (TPSA) is 139 Å². The number of carbonyl (C=O) groups excluding carboxylic acids is 1. The molecule has 0 unspecified atom stereocenters. The Kier molecular flexibility index (Phi) is 5.46. The van der Waals surface area contributed by atoms with Gasteiger partial charge in [-0.3, -0.25) is 25.0 Å². The Morgan fingerprint density at radius 1 is 1.15 bits per heavy atom. The molecule has 1 aliphatic heterocycles. The molecule has 0 saturated carbocycles. The molecule has 11 heteroatoms. The first-order valence-corrected chi connectivity index (χ1v) is 8.55. The van der Waals surface area contributed by atoms with E-state index in [0.29, 0.717) is 18.9 Å². The number of nitrogens with one attached hydrogen (secondary N) is 1. The molecule has 1 aromatic rings. The lowest BCUT2D eigenvalue weighted by molar-refractivity contribution is -0.394. The van der Waals surface area contributed by atoms with Gasteiger partial charge >= 0.3 is 0 Å². The number of nitro groups is 2. The molecule has 0 aliphatic carbocycles. The molecular weight excluding hydrogens is 380 g/mol. The summed E-state index contributed by atoms with van der Waals surface area (Å²) in [4.78, 5) is 33.1. The van der Waals surface area contributed by atoms with Crippen LogP contribution in [0.15, 0.2) is 12.1 Å². The minimum atomic E-state index is -0.881. The Balaban J connectivity index is 2.36. The molecule has 1 radical (unpaired) electrons. The highest BCUT2D eigenvalue weighted by molar-refractivity contribution is 6.36. The fraction of sp³-hybridized carbons (Fsp3) is 0.562. The Bertz CT molecular complexity index is 792. The number of halogens is 1. The molecule has 0 atom stereocenters. The molecule has 1 heterocycles. The molecule has 27 heavy (non-hydrogen) atoms. The fourth-order valence-electron chi connectivity index (χ4n) is 3.63. The maximum absolute atomic E-state index is 12.7. The lowest BCUT2D eigenvalue weighted by Crippen LogP contribution is -2.62. The maximum Gasteiger partial charge on any atom is 0.295 e. The van der Waals surface area contributed by atoms with Crippen LogP contribution >= 0.6 is 11.6 Å². The number of hydrogen-bond acceptors (Lipinski definition) is 6. The van der Waals surface area contributed by atoms with Gasteiger partial charge in [0, 0.05) is 23.2 Å². The van der Waals surface area contributed by atoms with Crippen molar-refractivity contribution in [3.63, 3.8) is 0 Å². The maximum atomic E-state index is 12.7. The number of hydrogen-bond donors (Lipinski definition) is 1. The van der Waals surface area contributed by atoms with Crippen LogP contribution in [0.25, 0.3) is 0 Å². The minimum absolute atomic E-state index is 0.348. The van der Waals surface area contributed by atoms with Crippen LogP contribution in [0.4, 0.5) is 11.4 Å². The summed E-state index contributed by atoms with van der Waals surface area (Å²) in [7, 11) is 0. The third-order valence-electron chi connectivity index (χ3n) is 4.62. The van der Waals surface area contributed by atoms with Crippen molar-refractivity contribution < 1.29 is 19.8 Å². The molecular formula is C16H20ClN4O6. The largest absolute Gasteiger partial charge is 0.349 e. The first kappa shape index (κ1) is 21.0. The quantitative estimate of drug-likeness (QED) is 0.608. The number of piperidine rings is 1. The number of nitrogens with zero attached hydrogens (tertiary/aromatic N) is 3. The lowest BCUT2D eigenvalue weighted by Gasteiger charge is -2.50. The van der Waals surface area contributed by atoms with Gasteiger partial charge in [0.2, 0.25) is 0 Å². The van der Waals surface area contributed by atoms with Gasteiger partial charge in [-0.25, -0.2) is 0 Å². The van der Waals surface area contributed by atoms with Crippen LogP contribution in [0.3, 0.4) is 0 Å². The van der Waals surface area contributed by atoms with E-state index in [1.165, 1.54) is 0 Å². The average molecular weight is 400 g/mol. The average Bonchev–Trinajstić information content (AvgIpc) is 2.51. The van der Waals surface area contributed by atoms with Crippen molar-refractivity contribution in [2.24, 2.45) is 0 Å². The van der Waals surface area contributed by atoms with Crippen molar-refractivity contribution >= 4 is 28.9 Å². The smallest absolute Gasteiger partial charge is 0.295 e. The number of benzene rings is 1. The van der Waals surface area contributed by atoms with Crippen LogP contribution in [0, 0.1) is 20.2 Å². The first-order chi connectivity index (χ1) is 12.3. The molecule has 1 aliphatic rings. The third-order valence-corrected chi connectivity index (χ3v) is 5.01. The number of rotatable bonds is 4. The SMILES string of the molecule is CC1(C)CC(NC(=O)c2cc([N+](=O)[O-])cc([N+](=O)[O-])c2Cl)CC(C)(C)N1[O]. The predicted molar refractivity (Wildman–Crippen MR) is 95.9 cm³/mol. The van der Waals surface area contributed by atoms with Crippen LogP contribution in [0.5, 0.6) is 0 Å². The summed E-state index contributed by atoms with van der Waals surface area (Å²) in [6.45, 7) is 7.02. The van der Waals surface area contributed by atoms with Gasteiger partial charge in [-0.05, 0) is 40.5 Å². The van der Waals surface area contributed by atoms with E-state index in [1.54, 1.807) is 27.7 Å². The van der Waals surface area contributed by atoms with Crippen LogP contribution in [0.1, 0.15) is 50.9 Å². The zero-order valence-corrected chi connectivity index (χ0v) is 16.1. The second kappa shape index (κ2) is 7.02. The van der Waals surface area contributed by atoms with Gasteiger partial charge in [-0.1, -0.05) is 11.6 Å². The van der Waals surface area contributed by atoms with Crippen LogP contribution in [0.2, 0.25) is 5.02 Å². The summed E-state index contributed by atoms with van der Waals surface area (Å²) in [6.07, 6.45) is 0.695. The van der Waals surface area contributed by atoms with Crippen LogP contribution in [-0.2, 0) is 5.21 Å². The molecule has 0 bridgehead atoms. The summed E-state index contributed by atoms with van der Waals surface area (Å²) < 4.78 is 0. The highest BCUT2D eigenvalue weighted by Gasteiger charge is 2.46. The van der Waals surface area contributed by atoms with Gasteiger partial charge in [0.1, 0.15) is 5.02 Å². The van der Waals surface area contributed by atoms with E-state index >= 15 is 0 Å². The predicted octanol–water partition coefficient (Wildman–Crippen LogP) is 3.25. The molecule has 0 aromatic heterocycles. The fourth-order valence-corrected chi connectivity index (χ4v) is 3.89. The Hall–Kier alpha value is -2.30. The third kappa shape index (κ3) is 4.18. The summed E-state index contributed by atoms with van der Waals surface area (Å²) >= 11 is 5.94. The van der Waals surface area contributed by atoms with Crippen molar-refractivity contribution in [1.29, 1.82) is 0 Å². The van der Waals surface area contributed by atoms with Crippen LogP contribution < -0.4 is 5.32 Å². The molecule has 1 saturated heterocycles. The summed E-state index contributed by atoms with van der Waals surface area (Å²) in [5, 5.41) is 37.7. The number of hydroxylamine groups is 2. The number of nitro benzene ring substituents is 2.